The number of aryl methyl sites for hydroxylation is 1. The predicted molar refractivity (Wildman–Crippen MR) is 158 cm³/mol. The molecule has 2 aromatic heterocycles. The highest BCUT2D eigenvalue weighted by molar-refractivity contribution is 5.97. The average Bonchev–Trinajstić information content (AvgIpc) is 3.78. The molecule has 3 aromatic carbocycles. The molecule has 0 bridgehead atoms. The molecule has 6 rings (SSSR count). The highest BCUT2D eigenvalue weighted by atomic mass is 16.4. The summed E-state index contributed by atoms with van der Waals surface area (Å²) in [4.78, 5) is 15.9. The summed E-state index contributed by atoms with van der Waals surface area (Å²) in [5.74, 6) is 2.01. The maximum atomic E-state index is 14.1. The number of hydrogen-bond donors (Lipinski definition) is 1. The van der Waals surface area contributed by atoms with Crippen LogP contribution in [-0.4, -0.2) is 27.5 Å². The van der Waals surface area contributed by atoms with Crippen molar-refractivity contribution in [2.24, 2.45) is 5.73 Å². The Morgan fingerprint density at radius 2 is 1.79 bits per heavy atom. The summed E-state index contributed by atoms with van der Waals surface area (Å²) in [5.41, 5.74) is 9.75. The summed E-state index contributed by atoms with van der Waals surface area (Å²) in [6, 6.07) is 28.6. The predicted octanol–water partition coefficient (Wildman–Crippen LogP) is 6.57. The van der Waals surface area contributed by atoms with Crippen molar-refractivity contribution in [2.45, 2.75) is 44.7 Å². The van der Waals surface area contributed by atoms with Crippen molar-refractivity contribution >= 4 is 5.91 Å². The van der Waals surface area contributed by atoms with Gasteiger partial charge in [0.05, 0.1) is 23.2 Å². The Labute approximate surface area is 244 Å². The van der Waals surface area contributed by atoms with E-state index in [1.165, 1.54) is 0 Å². The number of carbonyl (C=O) groups excluding carboxylic acids is 1. The minimum absolute atomic E-state index is 0.128. The van der Waals surface area contributed by atoms with Crippen LogP contribution in [0.15, 0.2) is 93.8 Å². The van der Waals surface area contributed by atoms with Gasteiger partial charge in [-0.1, -0.05) is 48.5 Å². The summed E-state index contributed by atoms with van der Waals surface area (Å²) in [7, 11) is 0. The second-order valence-electron chi connectivity index (χ2n) is 11.1. The summed E-state index contributed by atoms with van der Waals surface area (Å²) >= 11 is 0. The van der Waals surface area contributed by atoms with E-state index in [0.29, 0.717) is 46.7 Å². The number of rotatable bonds is 7. The third kappa shape index (κ3) is 5.35. The van der Waals surface area contributed by atoms with Gasteiger partial charge in [0.1, 0.15) is 11.5 Å². The van der Waals surface area contributed by atoms with Gasteiger partial charge in [0.15, 0.2) is 0 Å². The topological polar surface area (TPSA) is 122 Å². The minimum Gasteiger partial charge on any atom is -0.464 e. The maximum Gasteiger partial charge on any atom is 0.254 e. The standard InChI is InChI=1S/C34H31N5O3/c1-22-14-15-30(41-22)29-13-8-16-39(29)32(40)27-18-25(28-12-7-6-11-24(28)21-35)17-26(19-27)31-37-38-33(42-31)34(2,36)20-23-9-4-3-5-10-23/h3-7,9-12,14-15,17-19,29H,8,13,16,20,36H2,1-2H3. The van der Waals surface area contributed by atoms with E-state index < -0.39 is 5.54 Å². The van der Waals surface area contributed by atoms with Crippen LogP contribution in [0, 0.1) is 18.3 Å². The molecule has 0 saturated carbocycles. The van der Waals surface area contributed by atoms with E-state index in [1.807, 2.05) is 91.5 Å². The molecule has 2 atom stereocenters. The van der Waals surface area contributed by atoms with Crippen LogP contribution in [-0.2, 0) is 12.0 Å². The van der Waals surface area contributed by atoms with Gasteiger partial charge in [-0.3, -0.25) is 4.79 Å². The smallest absolute Gasteiger partial charge is 0.254 e. The first-order valence-electron chi connectivity index (χ1n) is 14.0. The number of likely N-dealkylation sites (tertiary alicyclic amines) is 1. The summed E-state index contributed by atoms with van der Waals surface area (Å²) in [6.07, 6.45) is 2.22. The summed E-state index contributed by atoms with van der Waals surface area (Å²) < 4.78 is 12.1. The molecule has 1 aliphatic heterocycles. The molecule has 5 aromatic rings. The van der Waals surface area contributed by atoms with Gasteiger partial charge in [-0.05, 0) is 86.2 Å². The van der Waals surface area contributed by atoms with E-state index in [-0.39, 0.29) is 17.8 Å². The van der Waals surface area contributed by atoms with Gasteiger partial charge >= 0.3 is 0 Å². The van der Waals surface area contributed by atoms with Crippen LogP contribution in [0.5, 0.6) is 0 Å². The van der Waals surface area contributed by atoms with Crippen molar-refractivity contribution in [3.63, 3.8) is 0 Å². The van der Waals surface area contributed by atoms with Crippen molar-refractivity contribution in [1.82, 2.24) is 15.1 Å². The first kappa shape index (κ1) is 27.2. The zero-order valence-corrected chi connectivity index (χ0v) is 23.6. The molecule has 0 spiro atoms. The molecule has 0 aliphatic carbocycles. The SMILES string of the molecule is Cc1ccc(C2CCCN2C(=O)c2cc(-c3nnc(C(C)(N)Cc4ccccc4)o3)cc(-c3ccccc3C#N)c2)o1. The van der Waals surface area contributed by atoms with E-state index in [9.17, 15) is 10.1 Å². The molecule has 0 radical (unpaired) electrons. The number of nitrogens with two attached hydrogens (primary N) is 1. The lowest BCUT2D eigenvalue weighted by atomic mass is 9.94. The van der Waals surface area contributed by atoms with Crippen LogP contribution in [0.2, 0.25) is 0 Å². The van der Waals surface area contributed by atoms with Gasteiger partial charge in [-0.15, -0.1) is 10.2 Å². The van der Waals surface area contributed by atoms with Crippen molar-refractivity contribution in [3.8, 4) is 28.7 Å². The number of benzene rings is 3. The Hall–Kier alpha value is -5.00. The third-order valence-electron chi connectivity index (χ3n) is 7.72. The van der Waals surface area contributed by atoms with Crippen LogP contribution in [0.25, 0.3) is 22.6 Å². The second kappa shape index (κ2) is 11.1. The molecule has 2 N–H and O–H groups in total. The summed E-state index contributed by atoms with van der Waals surface area (Å²) in [6.45, 7) is 4.38. The highest BCUT2D eigenvalue weighted by Gasteiger charge is 2.34. The number of nitriles is 1. The highest BCUT2D eigenvalue weighted by Crippen LogP contribution is 2.36. The van der Waals surface area contributed by atoms with Gasteiger partial charge in [-0.2, -0.15) is 5.26 Å². The zero-order chi connectivity index (χ0) is 29.3. The fourth-order valence-electron chi connectivity index (χ4n) is 5.63. The van der Waals surface area contributed by atoms with Gasteiger partial charge < -0.3 is 19.5 Å². The molecular formula is C34H31N5O3. The number of amides is 1. The zero-order valence-electron chi connectivity index (χ0n) is 23.6. The minimum atomic E-state index is -0.903. The molecule has 3 heterocycles. The molecule has 2 unspecified atom stereocenters. The largest absolute Gasteiger partial charge is 0.464 e. The molecule has 1 saturated heterocycles. The van der Waals surface area contributed by atoms with Gasteiger partial charge in [0.25, 0.3) is 5.91 Å². The summed E-state index contributed by atoms with van der Waals surface area (Å²) in [5, 5.41) is 18.4. The van der Waals surface area contributed by atoms with E-state index in [1.54, 1.807) is 12.1 Å². The fourth-order valence-corrected chi connectivity index (χ4v) is 5.63. The van der Waals surface area contributed by atoms with Crippen LogP contribution in [0.4, 0.5) is 0 Å². The maximum absolute atomic E-state index is 14.1. The van der Waals surface area contributed by atoms with E-state index in [4.69, 9.17) is 14.6 Å². The lowest BCUT2D eigenvalue weighted by molar-refractivity contribution is 0.0719. The third-order valence-corrected chi connectivity index (χ3v) is 7.72. The molecular weight excluding hydrogens is 526 g/mol. The molecule has 1 amide bonds. The number of hydrogen-bond acceptors (Lipinski definition) is 7. The lowest BCUT2D eigenvalue weighted by Crippen LogP contribution is -2.35. The van der Waals surface area contributed by atoms with Crippen LogP contribution >= 0.6 is 0 Å². The van der Waals surface area contributed by atoms with Crippen molar-refractivity contribution in [1.29, 1.82) is 5.26 Å². The first-order valence-corrected chi connectivity index (χ1v) is 14.0. The van der Waals surface area contributed by atoms with E-state index in [2.05, 4.69) is 16.3 Å². The number of nitrogens with zero attached hydrogens (tertiary/aromatic N) is 4. The molecule has 1 fully saturated rings. The van der Waals surface area contributed by atoms with E-state index in [0.717, 1.165) is 29.9 Å². The number of furan rings is 1. The molecule has 8 heteroatoms. The van der Waals surface area contributed by atoms with Crippen molar-refractivity contribution < 1.29 is 13.6 Å². The number of carbonyl (C=O) groups is 1. The fraction of sp³-hybridized carbons (Fsp3) is 0.235. The Morgan fingerprint density at radius 1 is 1.02 bits per heavy atom. The Morgan fingerprint density at radius 3 is 2.55 bits per heavy atom. The molecule has 1 aliphatic rings. The van der Waals surface area contributed by atoms with Crippen LogP contribution in [0.3, 0.4) is 0 Å². The van der Waals surface area contributed by atoms with Gasteiger partial charge in [-0.25, -0.2) is 0 Å². The average molecular weight is 558 g/mol. The van der Waals surface area contributed by atoms with Crippen molar-refractivity contribution in [2.75, 3.05) is 6.54 Å². The first-order chi connectivity index (χ1) is 20.3. The monoisotopic (exact) mass is 557 g/mol. The Bertz CT molecular complexity index is 1780. The Kier molecular flexibility index (Phi) is 7.19. The van der Waals surface area contributed by atoms with Gasteiger partial charge in [0.2, 0.25) is 11.8 Å². The quantitative estimate of drug-likeness (QED) is 0.240. The molecule has 210 valence electrons. The van der Waals surface area contributed by atoms with Crippen LogP contribution in [0.1, 0.15) is 64.7 Å². The Balaban J connectivity index is 1.40. The number of aromatic nitrogens is 2. The van der Waals surface area contributed by atoms with Gasteiger partial charge in [0, 0.05) is 17.7 Å². The van der Waals surface area contributed by atoms with Crippen LogP contribution < -0.4 is 5.73 Å². The normalized spacial score (nSPS) is 16.2. The van der Waals surface area contributed by atoms with E-state index >= 15 is 0 Å². The molecule has 8 nitrogen and oxygen atoms in total. The lowest BCUT2D eigenvalue weighted by Gasteiger charge is -2.24. The second-order valence-corrected chi connectivity index (χ2v) is 11.1. The van der Waals surface area contributed by atoms with Crippen molar-refractivity contribution in [3.05, 3.63) is 119 Å². The molecule has 42 heavy (non-hydrogen) atoms.